The lowest BCUT2D eigenvalue weighted by atomic mass is 11.8. The second-order valence-electron chi connectivity index (χ2n) is 3.25. The standard InChI is InChI=1S/C3H9F2NO4S2Si/c1-13(2,3)6(11(4,7)8)12(5,9)10/h1-3H3. The Morgan fingerprint density at radius 1 is 0.923 bits per heavy atom. The fraction of sp³-hybridized carbons (Fsp3) is 1.00. The molecule has 0 aliphatic heterocycles. The van der Waals surface area contributed by atoms with Gasteiger partial charge in [0, 0.05) is 0 Å². The minimum atomic E-state index is -5.55. The molecule has 13 heavy (non-hydrogen) atoms. The van der Waals surface area contributed by atoms with Crippen molar-refractivity contribution in [3.63, 3.8) is 0 Å². The Bertz CT molecular complexity index is 350. The van der Waals surface area contributed by atoms with Crippen LogP contribution in [-0.4, -0.2) is 28.4 Å². The number of hydrogen-bond acceptors (Lipinski definition) is 4. The van der Waals surface area contributed by atoms with E-state index in [0.717, 1.165) is 0 Å². The first-order valence-corrected chi connectivity index (χ1v) is 9.19. The zero-order valence-corrected chi connectivity index (χ0v) is 9.79. The summed E-state index contributed by atoms with van der Waals surface area (Å²) >= 11 is 0. The van der Waals surface area contributed by atoms with Crippen molar-refractivity contribution in [3.05, 3.63) is 0 Å². The minimum absolute atomic E-state index is 0.687. The summed E-state index contributed by atoms with van der Waals surface area (Å²) in [4.78, 5) is 0. The van der Waals surface area contributed by atoms with Crippen LogP contribution >= 0.6 is 0 Å². The third-order valence-electron chi connectivity index (χ3n) is 0.944. The second-order valence-corrected chi connectivity index (χ2v) is 11.3. The number of halogens is 2. The summed E-state index contributed by atoms with van der Waals surface area (Å²) in [6.07, 6.45) is 0. The van der Waals surface area contributed by atoms with E-state index in [9.17, 15) is 24.6 Å². The fourth-order valence-electron chi connectivity index (χ4n) is 0.761. The Balaban J connectivity index is 5.56. The summed E-state index contributed by atoms with van der Waals surface area (Å²) in [6, 6.07) is 0. The largest absolute Gasteiger partial charge is 0.383 e. The predicted molar refractivity (Wildman–Crippen MR) is 45.2 cm³/mol. The van der Waals surface area contributed by atoms with Gasteiger partial charge in [-0.15, -0.1) is 0 Å². The van der Waals surface area contributed by atoms with E-state index in [0.29, 0.717) is 0 Å². The molecule has 0 unspecified atom stereocenters. The van der Waals surface area contributed by atoms with E-state index in [1.165, 1.54) is 19.6 Å². The summed E-state index contributed by atoms with van der Waals surface area (Å²) in [5.74, 6) is 0. The SMILES string of the molecule is C[Si](C)(C)N(S(=O)(=O)F)S(=O)(=O)F. The number of hydrogen-bond donors (Lipinski definition) is 0. The molecule has 0 saturated carbocycles. The normalized spacial score (nSPS) is 14.9. The summed E-state index contributed by atoms with van der Waals surface area (Å²) in [5, 5.41) is 0. The average molecular weight is 253 g/mol. The molecular formula is C3H9F2NO4S2Si. The van der Waals surface area contributed by atoms with Crippen LogP contribution in [0.15, 0.2) is 0 Å². The zero-order chi connectivity index (χ0) is 11.1. The summed E-state index contributed by atoms with van der Waals surface area (Å²) in [5.41, 5.74) is 0. The van der Waals surface area contributed by atoms with Crippen LogP contribution in [0.5, 0.6) is 0 Å². The Morgan fingerprint density at radius 3 is 1.15 bits per heavy atom. The van der Waals surface area contributed by atoms with E-state index in [-0.39, 0.29) is 0 Å². The molecule has 10 heteroatoms. The van der Waals surface area contributed by atoms with Gasteiger partial charge in [0.1, 0.15) is 0 Å². The van der Waals surface area contributed by atoms with Gasteiger partial charge < -0.3 is 0 Å². The first-order valence-electron chi connectivity index (χ1n) is 3.06. The molecule has 0 fully saturated rings. The van der Waals surface area contributed by atoms with Crippen molar-refractivity contribution in [1.82, 2.24) is 3.38 Å². The van der Waals surface area contributed by atoms with E-state index in [4.69, 9.17) is 0 Å². The highest BCUT2D eigenvalue weighted by Gasteiger charge is 2.44. The van der Waals surface area contributed by atoms with Crippen LogP contribution < -0.4 is 0 Å². The highest BCUT2D eigenvalue weighted by Crippen LogP contribution is 2.21. The van der Waals surface area contributed by atoms with Crippen LogP contribution in [0, 0.1) is 0 Å². The van der Waals surface area contributed by atoms with Gasteiger partial charge in [0.05, 0.1) is 0 Å². The molecule has 0 aromatic rings. The lowest BCUT2D eigenvalue weighted by molar-refractivity contribution is 0.492. The smallest absolute Gasteiger partial charge is 0.176 e. The van der Waals surface area contributed by atoms with Crippen molar-refractivity contribution in [3.8, 4) is 0 Å². The molecule has 0 aromatic carbocycles. The molecule has 5 nitrogen and oxygen atoms in total. The molecule has 0 spiro atoms. The highest BCUT2D eigenvalue weighted by atomic mass is 32.3. The van der Waals surface area contributed by atoms with Gasteiger partial charge in [-0.3, -0.25) is 0 Å². The Labute approximate surface area is 77.1 Å². The number of rotatable bonds is 3. The highest BCUT2D eigenvalue weighted by molar-refractivity contribution is 8.01. The van der Waals surface area contributed by atoms with E-state index >= 15 is 0 Å². The van der Waals surface area contributed by atoms with Crippen LogP contribution in [0.1, 0.15) is 0 Å². The van der Waals surface area contributed by atoms with Gasteiger partial charge in [0.2, 0.25) is 0 Å². The van der Waals surface area contributed by atoms with Crippen LogP contribution in [0.4, 0.5) is 7.77 Å². The van der Waals surface area contributed by atoms with Gasteiger partial charge in [-0.2, -0.15) is 16.8 Å². The van der Waals surface area contributed by atoms with Crippen LogP contribution in [0.2, 0.25) is 19.6 Å². The quantitative estimate of drug-likeness (QED) is 0.544. The average Bonchev–Trinajstić information content (AvgIpc) is 1.44. The van der Waals surface area contributed by atoms with E-state index in [1.807, 2.05) is 0 Å². The Kier molecular flexibility index (Phi) is 3.24. The molecule has 80 valence electrons. The maximum Gasteiger partial charge on any atom is 0.383 e. The van der Waals surface area contributed by atoms with E-state index in [2.05, 4.69) is 0 Å². The Morgan fingerprint density at radius 2 is 1.15 bits per heavy atom. The van der Waals surface area contributed by atoms with Gasteiger partial charge in [-0.05, 0) is 0 Å². The summed E-state index contributed by atoms with van der Waals surface area (Å²) in [6.45, 7) is 3.55. The van der Waals surface area contributed by atoms with Crippen molar-refractivity contribution >= 4 is 29.1 Å². The van der Waals surface area contributed by atoms with E-state index in [1.54, 1.807) is 0 Å². The van der Waals surface area contributed by atoms with Gasteiger partial charge in [0.15, 0.2) is 8.24 Å². The van der Waals surface area contributed by atoms with Gasteiger partial charge >= 0.3 is 20.8 Å². The van der Waals surface area contributed by atoms with Gasteiger partial charge in [0.25, 0.3) is 0 Å². The third-order valence-corrected chi connectivity index (χ3v) is 8.49. The molecular weight excluding hydrogens is 244 g/mol. The van der Waals surface area contributed by atoms with E-state index < -0.39 is 32.4 Å². The maximum atomic E-state index is 12.4. The number of nitrogens with zero attached hydrogens (tertiary/aromatic N) is 1. The Hall–Kier alpha value is -0.0631. The van der Waals surface area contributed by atoms with Crippen molar-refractivity contribution in [2.45, 2.75) is 19.6 Å². The second kappa shape index (κ2) is 3.26. The lowest BCUT2D eigenvalue weighted by Gasteiger charge is -2.24. The van der Waals surface area contributed by atoms with Crippen molar-refractivity contribution in [1.29, 1.82) is 0 Å². The topological polar surface area (TPSA) is 71.5 Å². The lowest BCUT2D eigenvalue weighted by Crippen LogP contribution is -2.49. The summed E-state index contributed by atoms with van der Waals surface area (Å²) < 4.78 is 65.2. The molecule has 0 heterocycles. The van der Waals surface area contributed by atoms with Crippen molar-refractivity contribution < 1.29 is 24.6 Å². The molecule has 0 aliphatic carbocycles. The third kappa shape index (κ3) is 3.66. The van der Waals surface area contributed by atoms with Crippen LogP contribution in [0.25, 0.3) is 0 Å². The molecule has 0 aromatic heterocycles. The first kappa shape index (κ1) is 12.9. The first-order chi connectivity index (χ1) is 5.37. The van der Waals surface area contributed by atoms with Crippen LogP contribution in [0.3, 0.4) is 0 Å². The maximum absolute atomic E-state index is 12.4. The fourth-order valence-corrected chi connectivity index (χ4v) is 6.85. The molecule has 0 radical (unpaired) electrons. The molecule has 0 atom stereocenters. The molecule has 0 aliphatic rings. The summed E-state index contributed by atoms with van der Waals surface area (Å²) in [7, 11) is -14.2. The molecule has 0 amide bonds. The molecule has 0 rings (SSSR count). The predicted octanol–water partition coefficient (Wildman–Crippen LogP) is 0.552. The van der Waals surface area contributed by atoms with Crippen LogP contribution in [-0.2, 0) is 20.8 Å². The van der Waals surface area contributed by atoms with Crippen molar-refractivity contribution in [2.75, 3.05) is 0 Å². The molecule has 0 bridgehead atoms. The van der Waals surface area contributed by atoms with Gasteiger partial charge in [-0.1, -0.05) is 30.8 Å². The minimum Gasteiger partial charge on any atom is -0.176 e. The molecule has 0 N–H and O–H groups in total. The van der Waals surface area contributed by atoms with Crippen molar-refractivity contribution in [2.24, 2.45) is 0 Å². The van der Waals surface area contributed by atoms with Gasteiger partial charge in [-0.25, -0.2) is 0 Å². The monoisotopic (exact) mass is 253 g/mol. The molecule has 0 saturated heterocycles. The zero-order valence-electron chi connectivity index (χ0n) is 7.15.